The Balaban J connectivity index is 2.22. The average Bonchev–Trinajstić information content (AvgIpc) is 2.68. The molecule has 0 aliphatic carbocycles. The van der Waals surface area contributed by atoms with Gasteiger partial charge in [-0.05, 0) is 45.9 Å². The van der Waals surface area contributed by atoms with Crippen molar-refractivity contribution in [2.45, 2.75) is 33.7 Å². The Morgan fingerprint density at radius 1 is 1.40 bits per heavy atom. The van der Waals surface area contributed by atoms with Crippen LogP contribution in [0.5, 0.6) is 0 Å². The van der Waals surface area contributed by atoms with Gasteiger partial charge in [-0.15, -0.1) is 0 Å². The fraction of sp³-hybridized carbons (Fsp3) is 0.333. The van der Waals surface area contributed by atoms with Crippen LogP contribution in [0.4, 0.5) is 11.4 Å². The number of nitrogens with one attached hydrogen (secondary N) is 1. The first-order chi connectivity index (χ1) is 9.40. The molecule has 0 aliphatic heterocycles. The molecule has 5 heteroatoms. The minimum atomic E-state index is -0.0344. The third-order valence-corrected chi connectivity index (χ3v) is 3.34. The number of benzene rings is 1. The van der Waals surface area contributed by atoms with Crippen molar-refractivity contribution in [1.29, 1.82) is 0 Å². The third kappa shape index (κ3) is 2.66. The van der Waals surface area contributed by atoms with Gasteiger partial charge >= 0.3 is 0 Å². The predicted octanol–water partition coefficient (Wildman–Crippen LogP) is 3.25. The normalized spacial score (nSPS) is 12.2. The van der Waals surface area contributed by atoms with E-state index in [2.05, 4.69) is 10.5 Å². The van der Waals surface area contributed by atoms with Crippen molar-refractivity contribution in [3.63, 3.8) is 0 Å². The Morgan fingerprint density at radius 3 is 2.60 bits per heavy atom. The highest BCUT2D eigenvalue weighted by Gasteiger charge is 2.16. The number of nitrogen functional groups attached to an aromatic ring is 1. The van der Waals surface area contributed by atoms with Gasteiger partial charge in [0.2, 0.25) is 0 Å². The molecule has 0 amide bonds. The van der Waals surface area contributed by atoms with E-state index < -0.39 is 0 Å². The standard InChI is InChI=1S/C15H19N3O2/c1-8(15-9(2)18-20-11(15)4)17-12-5-6-13(10(3)19)14(16)7-12/h5-8,17H,16H2,1-4H3. The average molecular weight is 273 g/mol. The zero-order chi connectivity index (χ0) is 14.9. The first-order valence-corrected chi connectivity index (χ1v) is 6.50. The quantitative estimate of drug-likeness (QED) is 0.660. The van der Waals surface area contributed by atoms with Gasteiger partial charge < -0.3 is 15.6 Å². The lowest BCUT2D eigenvalue weighted by molar-refractivity contribution is 0.101. The summed E-state index contributed by atoms with van der Waals surface area (Å²) >= 11 is 0. The van der Waals surface area contributed by atoms with Crippen LogP contribution < -0.4 is 11.1 Å². The molecule has 1 heterocycles. The molecule has 1 aromatic carbocycles. The molecule has 106 valence electrons. The van der Waals surface area contributed by atoms with Gasteiger partial charge in [0, 0.05) is 22.5 Å². The van der Waals surface area contributed by atoms with Gasteiger partial charge in [0.1, 0.15) is 5.76 Å². The SMILES string of the molecule is CC(=O)c1ccc(NC(C)c2c(C)noc2C)cc1N. The number of hydrogen-bond acceptors (Lipinski definition) is 5. The minimum Gasteiger partial charge on any atom is -0.398 e. The lowest BCUT2D eigenvalue weighted by atomic mass is 10.1. The second-order valence-corrected chi connectivity index (χ2v) is 4.96. The van der Waals surface area contributed by atoms with E-state index in [0.717, 1.165) is 22.7 Å². The van der Waals surface area contributed by atoms with E-state index >= 15 is 0 Å². The van der Waals surface area contributed by atoms with E-state index in [-0.39, 0.29) is 11.8 Å². The van der Waals surface area contributed by atoms with Crippen molar-refractivity contribution in [1.82, 2.24) is 5.16 Å². The Morgan fingerprint density at radius 2 is 2.10 bits per heavy atom. The molecule has 0 saturated heterocycles. The molecule has 0 aliphatic rings. The summed E-state index contributed by atoms with van der Waals surface area (Å²) < 4.78 is 5.17. The zero-order valence-electron chi connectivity index (χ0n) is 12.2. The molecule has 0 spiro atoms. The number of carbonyl (C=O) groups excluding carboxylic acids is 1. The number of aryl methyl sites for hydroxylation is 2. The summed E-state index contributed by atoms with van der Waals surface area (Å²) in [4.78, 5) is 11.4. The number of nitrogens with two attached hydrogens (primary N) is 1. The molecule has 3 N–H and O–H groups in total. The Labute approximate surface area is 118 Å². The van der Waals surface area contributed by atoms with Crippen LogP contribution in [0.2, 0.25) is 0 Å². The van der Waals surface area contributed by atoms with Crippen molar-refractivity contribution >= 4 is 17.2 Å². The van der Waals surface area contributed by atoms with Crippen LogP contribution in [0.1, 0.15) is 47.3 Å². The van der Waals surface area contributed by atoms with E-state index in [1.54, 1.807) is 12.1 Å². The van der Waals surface area contributed by atoms with Gasteiger partial charge in [0.15, 0.2) is 5.78 Å². The van der Waals surface area contributed by atoms with E-state index in [0.29, 0.717) is 11.3 Å². The third-order valence-electron chi connectivity index (χ3n) is 3.34. The fourth-order valence-electron chi connectivity index (χ4n) is 2.40. The van der Waals surface area contributed by atoms with Gasteiger partial charge in [0.25, 0.3) is 0 Å². The minimum absolute atomic E-state index is 0.0344. The number of carbonyl (C=O) groups is 1. The number of nitrogens with zero attached hydrogens (tertiary/aromatic N) is 1. The first-order valence-electron chi connectivity index (χ1n) is 6.50. The van der Waals surface area contributed by atoms with Gasteiger partial charge in [0.05, 0.1) is 11.7 Å². The van der Waals surface area contributed by atoms with Crippen LogP contribution in [0.25, 0.3) is 0 Å². The van der Waals surface area contributed by atoms with Gasteiger partial charge in [-0.2, -0.15) is 0 Å². The van der Waals surface area contributed by atoms with Gasteiger partial charge in [-0.3, -0.25) is 4.79 Å². The van der Waals surface area contributed by atoms with Crippen LogP contribution in [-0.2, 0) is 0 Å². The molecule has 0 bridgehead atoms. The number of aromatic nitrogens is 1. The van der Waals surface area contributed by atoms with E-state index in [1.165, 1.54) is 6.92 Å². The van der Waals surface area contributed by atoms with Gasteiger partial charge in [-0.25, -0.2) is 0 Å². The largest absolute Gasteiger partial charge is 0.398 e. The predicted molar refractivity (Wildman–Crippen MR) is 78.9 cm³/mol. The zero-order valence-corrected chi connectivity index (χ0v) is 12.2. The van der Waals surface area contributed by atoms with Crippen LogP contribution in [0, 0.1) is 13.8 Å². The maximum Gasteiger partial charge on any atom is 0.161 e. The molecule has 0 radical (unpaired) electrons. The topological polar surface area (TPSA) is 81.2 Å². The second-order valence-electron chi connectivity index (χ2n) is 4.96. The molecule has 5 nitrogen and oxygen atoms in total. The smallest absolute Gasteiger partial charge is 0.161 e. The highest BCUT2D eigenvalue weighted by Crippen LogP contribution is 2.26. The van der Waals surface area contributed by atoms with Crippen LogP contribution in [0.3, 0.4) is 0 Å². The maximum absolute atomic E-state index is 11.4. The molecule has 1 unspecified atom stereocenters. The van der Waals surface area contributed by atoms with Gasteiger partial charge in [-0.1, -0.05) is 5.16 Å². The van der Waals surface area contributed by atoms with Crippen molar-refractivity contribution in [3.05, 3.63) is 40.8 Å². The number of Topliss-reactive ketones (excluding diaryl/α,β-unsaturated/α-hetero) is 1. The summed E-state index contributed by atoms with van der Waals surface area (Å²) in [6, 6.07) is 5.40. The molecule has 1 aromatic heterocycles. The van der Waals surface area contributed by atoms with Crippen LogP contribution in [0.15, 0.2) is 22.7 Å². The molecule has 0 saturated carbocycles. The second kappa shape index (κ2) is 5.36. The Hall–Kier alpha value is -2.30. The molecular formula is C15H19N3O2. The lowest BCUT2D eigenvalue weighted by Gasteiger charge is -2.16. The van der Waals surface area contributed by atoms with Crippen molar-refractivity contribution in [2.24, 2.45) is 0 Å². The molecule has 1 atom stereocenters. The summed E-state index contributed by atoms with van der Waals surface area (Å²) in [6.07, 6.45) is 0. The van der Waals surface area contributed by atoms with Crippen molar-refractivity contribution < 1.29 is 9.32 Å². The maximum atomic E-state index is 11.4. The van der Waals surface area contributed by atoms with Crippen LogP contribution >= 0.6 is 0 Å². The highest BCUT2D eigenvalue weighted by molar-refractivity contribution is 5.99. The van der Waals surface area contributed by atoms with E-state index in [1.807, 2.05) is 26.8 Å². The lowest BCUT2D eigenvalue weighted by Crippen LogP contribution is -2.09. The Kier molecular flexibility index (Phi) is 3.79. The number of hydrogen-bond donors (Lipinski definition) is 2. The number of anilines is 2. The monoisotopic (exact) mass is 273 g/mol. The van der Waals surface area contributed by atoms with Crippen LogP contribution in [-0.4, -0.2) is 10.9 Å². The summed E-state index contributed by atoms with van der Waals surface area (Å²) in [5.41, 5.74) is 9.68. The van der Waals surface area contributed by atoms with E-state index in [9.17, 15) is 4.79 Å². The summed E-state index contributed by atoms with van der Waals surface area (Å²) in [5.74, 6) is 0.767. The summed E-state index contributed by atoms with van der Waals surface area (Å²) in [5, 5.41) is 7.29. The molecule has 0 fully saturated rings. The Bertz CT molecular complexity index is 627. The fourth-order valence-corrected chi connectivity index (χ4v) is 2.40. The summed E-state index contributed by atoms with van der Waals surface area (Å²) in [7, 11) is 0. The highest BCUT2D eigenvalue weighted by atomic mass is 16.5. The van der Waals surface area contributed by atoms with Crippen molar-refractivity contribution in [3.8, 4) is 0 Å². The number of ketones is 1. The molecule has 2 aromatic rings. The summed E-state index contributed by atoms with van der Waals surface area (Å²) in [6.45, 7) is 7.34. The molecule has 2 rings (SSSR count). The molecule has 20 heavy (non-hydrogen) atoms. The number of rotatable bonds is 4. The first kappa shape index (κ1) is 14.1. The molecular weight excluding hydrogens is 254 g/mol. The van der Waals surface area contributed by atoms with E-state index in [4.69, 9.17) is 10.3 Å². The van der Waals surface area contributed by atoms with Crippen molar-refractivity contribution in [2.75, 3.05) is 11.1 Å².